The number of nitrogens with one attached hydrogen (secondary N) is 1. The smallest absolute Gasteiger partial charge is 0.243 e. The van der Waals surface area contributed by atoms with Gasteiger partial charge < -0.3 is 25.7 Å². The number of ether oxygens (including phenoxy) is 1. The number of nitrogens with zero attached hydrogens (tertiary/aromatic N) is 3. The first-order valence-corrected chi connectivity index (χ1v) is 7.57. The van der Waals surface area contributed by atoms with Gasteiger partial charge in [0.15, 0.2) is 16.8 Å². The lowest BCUT2D eigenvalue weighted by Crippen LogP contribution is -2.44. The summed E-state index contributed by atoms with van der Waals surface area (Å²) in [7, 11) is 0. The van der Waals surface area contributed by atoms with Crippen molar-refractivity contribution in [2.24, 2.45) is 0 Å². The van der Waals surface area contributed by atoms with Crippen molar-refractivity contribution in [2.75, 3.05) is 5.73 Å². The van der Waals surface area contributed by atoms with Crippen molar-refractivity contribution >= 4 is 29.3 Å². The molecule has 1 saturated heterocycles. The molecular weight excluding hydrogens is 337 g/mol. The predicted molar refractivity (Wildman–Crippen MR) is 86.0 cm³/mol. The molecule has 0 saturated carbocycles. The Labute approximate surface area is 141 Å². The topological polar surface area (TPSA) is 122 Å². The first-order chi connectivity index (χ1) is 11.3. The molecule has 8 nitrogen and oxygen atoms in total. The van der Waals surface area contributed by atoms with Gasteiger partial charge in [-0.2, -0.15) is 0 Å². The van der Waals surface area contributed by atoms with Crippen molar-refractivity contribution in [1.29, 1.82) is 0 Å². The zero-order chi connectivity index (χ0) is 17.6. The highest BCUT2D eigenvalue weighted by atomic mass is 32.1. The number of aromatic nitrogens is 4. The molecular formula is C14H16FN5O3S. The Morgan fingerprint density at radius 2 is 2.33 bits per heavy atom. The van der Waals surface area contributed by atoms with Gasteiger partial charge in [0.25, 0.3) is 0 Å². The minimum absolute atomic E-state index is 0.0332. The minimum Gasteiger partial charge on any atom is -0.391 e. The Bertz CT molecular complexity index is 901. The van der Waals surface area contributed by atoms with E-state index in [1.807, 2.05) is 0 Å². The second kappa shape index (κ2) is 5.78. The van der Waals surface area contributed by atoms with Gasteiger partial charge >= 0.3 is 0 Å². The van der Waals surface area contributed by atoms with Crippen LogP contribution in [0.25, 0.3) is 11.2 Å². The SMILES string of the molecule is CC#CC1(F)[C@@H](O)[C@@H]([C@@H](C)O)O[C@H]1n1cnc2c(=S)nc(N)[nH]c21. The van der Waals surface area contributed by atoms with Gasteiger partial charge in [0, 0.05) is 0 Å². The molecule has 24 heavy (non-hydrogen) atoms. The molecule has 2 aromatic rings. The van der Waals surface area contributed by atoms with E-state index in [4.69, 9.17) is 22.7 Å². The maximum absolute atomic E-state index is 15.5. The summed E-state index contributed by atoms with van der Waals surface area (Å²) < 4.78 is 22.5. The molecule has 2 aromatic heterocycles. The number of imidazole rings is 1. The van der Waals surface area contributed by atoms with Gasteiger partial charge in [-0.1, -0.05) is 18.1 Å². The lowest BCUT2D eigenvalue weighted by atomic mass is 9.94. The van der Waals surface area contributed by atoms with E-state index in [0.29, 0.717) is 5.52 Å². The monoisotopic (exact) mass is 353 g/mol. The summed E-state index contributed by atoms with van der Waals surface area (Å²) in [6.07, 6.45) is -3.95. The Morgan fingerprint density at radius 3 is 2.96 bits per heavy atom. The van der Waals surface area contributed by atoms with Crippen LogP contribution < -0.4 is 5.73 Å². The van der Waals surface area contributed by atoms with Crippen molar-refractivity contribution in [3.8, 4) is 11.8 Å². The fraction of sp³-hybridized carbons (Fsp3) is 0.500. The van der Waals surface area contributed by atoms with Crippen molar-refractivity contribution in [2.45, 2.75) is 44.1 Å². The molecule has 0 aliphatic carbocycles. The van der Waals surface area contributed by atoms with Crippen LogP contribution in [0.3, 0.4) is 0 Å². The molecule has 10 heteroatoms. The normalized spacial score (nSPS) is 31.0. The number of aliphatic hydroxyl groups is 2. The molecule has 1 aliphatic rings. The summed E-state index contributed by atoms with van der Waals surface area (Å²) in [4.78, 5) is 10.7. The highest BCUT2D eigenvalue weighted by Gasteiger charge is 2.59. The van der Waals surface area contributed by atoms with Gasteiger partial charge in [0.1, 0.15) is 23.4 Å². The molecule has 0 amide bonds. The number of H-pyrrole nitrogens is 1. The molecule has 3 heterocycles. The maximum Gasteiger partial charge on any atom is 0.243 e. The van der Waals surface area contributed by atoms with Crippen molar-refractivity contribution in [3.63, 3.8) is 0 Å². The number of aromatic amines is 1. The molecule has 128 valence electrons. The molecule has 5 N–H and O–H groups in total. The van der Waals surface area contributed by atoms with E-state index in [-0.39, 0.29) is 16.2 Å². The summed E-state index contributed by atoms with van der Waals surface area (Å²) in [5.74, 6) is 4.84. The zero-order valence-electron chi connectivity index (χ0n) is 12.9. The van der Waals surface area contributed by atoms with E-state index < -0.39 is 30.2 Å². The number of hydrogen-bond acceptors (Lipinski definition) is 7. The van der Waals surface area contributed by atoms with E-state index in [1.165, 1.54) is 24.7 Å². The van der Waals surface area contributed by atoms with E-state index >= 15 is 4.39 Å². The predicted octanol–water partition coefficient (Wildman–Crippen LogP) is 0.442. The number of alkyl halides is 1. The van der Waals surface area contributed by atoms with Crippen molar-refractivity contribution in [1.82, 2.24) is 19.5 Å². The van der Waals surface area contributed by atoms with Gasteiger partial charge in [0.2, 0.25) is 5.67 Å². The van der Waals surface area contributed by atoms with Crippen LogP contribution in [0.2, 0.25) is 0 Å². The number of rotatable bonds is 2. The molecule has 0 bridgehead atoms. The van der Waals surface area contributed by atoms with Crippen molar-refractivity contribution in [3.05, 3.63) is 11.0 Å². The molecule has 1 aliphatic heterocycles. The van der Waals surface area contributed by atoms with E-state index in [2.05, 4.69) is 26.8 Å². The fourth-order valence-corrected chi connectivity index (χ4v) is 3.06. The van der Waals surface area contributed by atoms with Gasteiger partial charge in [-0.05, 0) is 13.8 Å². The molecule has 3 rings (SSSR count). The Hall–Kier alpha value is -2.06. The van der Waals surface area contributed by atoms with E-state index in [1.54, 1.807) is 0 Å². The van der Waals surface area contributed by atoms with Crippen LogP contribution in [0.1, 0.15) is 20.1 Å². The molecule has 1 unspecified atom stereocenters. The highest BCUT2D eigenvalue weighted by Crippen LogP contribution is 2.43. The van der Waals surface area contributed by atoms with Crippen LogP contribution in [0.15, 0.2) is 6.33 Å². The Balaban J connectivity index is 2.20. The van der Waals surface area contributed by atoms with Gasteiger partial charge in [0.05, 0.1) is 12.4 Å². The number of nitrogens with two attached hydrogens (primary N) is 1. The molecule has 0 radical (unpaired) electrons. The molecule has 0 aromatic carbocycles. The number of halogens is 1. The summed E-state index contributed by atoms with van der Waals surface area (Å²) in [6.45, 7) is 2.85. The number of nitrogen functional groups attached to an aromatic ring is 1. The molecule has 5 atom stereocenters. The van der Waals surface area contributed by atoms with Crippen LogP contribution in [0, 0.1) is 16.5 Å². The van der Waals surface area contributed by atoms with Gasteiger partial charge in [-0.3, -0.25) is 4.57 Å². The third-order valence-corrected chi connectivity index (χ3v) is 4.18. The summed E-state index contributed by atoms with van der Waals surface area (Å²) in [5, 5.41) is 20.1. The van der Waals surface area contributed by atoms with Crippen LogP contribution in [0.5, 0.6) is 0 Å². The average Bonchev–Trinajstić information content (AvgIpc) is 3.00. The number of aliphatic hydroxyl groups excluding tert-OH is 2. The van der Waals surface area contributed by atoms with Crippen LogP contribution >= 0.6 is 12.2 Å². The van der Waals surface area contributed by atoms with Gasteiger partial charge in [-0.15, -0.1) is 5.92 Å². The lowest BCUT2D eigenvalue weighted by Gasteiger charge is -2.24. The third-order valence-electron chi connectivity index (χ3n) is 3.90. The molecule has 1 fully saturated rings. The standard InChI is InChI=1S/C14H16FN5O3S/c1-3-4-14(15)9(22)8(6(2)21)23-12(14)20-5-17-7-10(20)18-13(16)19-11(7)24/h5-6,8-9,12,21-22H,1-2H3,(H3,16,18,19,24)/t6-,8-,9+,12-,14?/m1/s1. The summed E-state index contributed by atoms with van der Waals surface area (Å²) in [6, 6.07) is 0. The quantitative estimate of drug-likeness (QED) is 0.456. The van der Waals surface area contributed by atoms with Crippen LogP contribution in [0.4, 0.5) is 10.3 Å². The molecule has 0 spiro atoms. The number of anilines is 1. The zero-order valence-corrected chi connectivity index (χ0v) is 13.7. The number of hydrogen-bond donors (Lipinski definition) is 4. The second-order valence-corrected chi connectivity index (χ2v) is 5.94. The van der Waals surface area contributed by atoms with Crippen LogP contribution in [-0.2, 0) is 4.74 Å². The Kier molecular flexibility index (Phi) is 4.05. The Morgan fingerprint density at radius 1 is 1.62 bits per heavy atom. The fourth-order valence-electron chi connectivity index (χ4n) is 2.81. The first kappa shape index (κ1) is 16.8. The number of fused-ring (bicyclic) bond motifs is 1. The average molecular weight is 353 g/mol. The van der Waals surface area contributed by atoms with E-state index in [9.17, 15) is 10.2 Å². The minimum atomic E-state index is -2.45. The van der Waals surface area contributed by atoms with Gasteiger partial charge in [-0.25, -0.2) is 14.4 Å². The maximum atomic E-state index is 15.5. The highest BCUT2D eigenvalue weighted by molar-refractivity contribution is 7.71. The lowest BCUT2D eigenvalue weighted by molar-refractivity contribution is -0.0776. The third kappa shape index (κ3) is 2.37. The summed E-state index contributed by atoms with van der Waals surface area (Å²) in [5.41, 5.74) is 3.80. The summed E-state index contributed by atoms with van der Waals surface area (Å²) >= 11 is 5.09. The van der Waals surface area contributed by atoms with Crippen molar-refractivity contribution < 1.29 is 19.3 Å². The van der Waals surface area contributed by atoms with E-state index in [0.717, 1.165) is 0 Å². The second-order valence-electron chi connectivity index (χ2n) is 5.56. The van der Waals surface area contributed by atoms with Crippen LogP contribution in [-0.4, -0.2) is 53.7 Å². The first-order valence-electron chi connectivity index (χ1n) is 7.16. The largest absolute Gasteiger partial charge is 0.391 e.